The van der Waals surface area contributed by atoms with Gasteiger partial charge in [0.25, 0.3) is 5.91 Å². The van der Waals surface area contributed by atoms with E-state index < -0.39 is 0 Å². The van der Waals surface area contributed by atoms with E-state index >= 15 is 0 Å². The molecule has 0 radical (unpaired) electrons. The maximum atomic E-state index is 12.6. The van der Waals surface area contributed by atoms with Gasteiger partial charge in [-0.05, 0) is 35.6 Å². The summed E-state index contributed by atoms with van der Waals surface area (Å²) in [6.07, 6.45) is 0.899. The van der Waals surface area contributed by atoms with E-state index in [1.165, 1.54) is 17.6 Å². The molecule has 0 aliphatic carbocycles. The highest BCUT2D eigenvalue weighted by Crippen LogP contribution is 2.34. The van der Waals surface area contributed by atoms with E-state index in [9.17, 15) is 4.79 Å². The van der Waals surface area contributed by atoms with Crippen molar-refractivity contribution >= 4 is 40.4 Å². The van der Waals surface area contributed by atoms with E-state index in [-0.39, 0.29) is 5.91 Å². The number of fused-ring (bicyclic) bond motifs is 1. The second-order valence-corrected chi connectivity index (χ2v) is 6.63. The zero-order chi connectivity index (χ0) is 15.0. The van der Waals surface area contributed by atoms with Crippen molar-refractivity contribution in [1.29, 1.82) is 0 Å². The van der Waals surface area contributed by atoms with Crippen LogP contribution in [0.3, 0.4) is 0 Å². The van der Waals surface area contributed by atoms with Gasteiger partial charge in [-0.2, -0.15) is 0 Å². The largest absolute Gasteiger partial charge is 0.494 e. The Bertz CT molecular complexity index is 676. The van der Waals surface area contributed by atoms with Crippen LogP contribution in [0.5, 0.6) is 5.75 Å². The summed E-state index contributed by atoms with van der Waals surface area (Å²) in [5, 5.41) is 2.77. The minimum Gasteiger partial charge on any atom is -0.494 e. The molecule has 0 bridgehead atoms. The third kappa shape index (κ3) is 2.76. The predicted octanol–water partition coefficient (Wildman–Crippen LogP) is 4.26. The van der Waals surface area contributed by atoms with Crippen LogP contribution >= 0.6 is 34.5 Å². The molecule has 0 fully saturated rings. The third-order valence-electron chi connectivity index (χ3n) is 3.54. The minimum absolute atomic E-state index is 0.0571. The molecule has 21 heavy (non-hydrogen) atoms. The number of carbonyl (C=O) groups is 1. The van der Waals surface area contributed by atoms with Crippen molar-refractivity contribution in [3.05, 3.63) is 49.6 Å². The summed E-state index contributed by atoms with van der Waals surface area (Å²) in [6.45, 7) is 1.35. The first-order chi connectivity index (χ1) is 10.1. The van der Waals surface area contributed by atoms with Crippen molar-refractivity contribution in [2.45, 2.75) is 13.0 Å². The van der Waals surface area contributed by atoms with Gasteiger partial charge in [-0.3, -0.25) is 4.79 Å². The van der Waals surface area contributed by atoms with Gasteiger partial charge in [-0.1, -0.05) is 23.2 Å². The van der Waals surface area contributed by atoms with Crippen LogP contribution in [-0.4, -0.2) is 24.5 Å². The number of amides is 1. The minimum atomic E-state index is -0.0571. The van der Waals surface area contributed by atoms with E-state index in [1.807, 2.05) is 4.90 Å². The maximum Gasteiger partial charge on any atom is 0.254 e. The number of thiophene rings is 1. The van der Waals surface area contributed by atoms with Crippen molar-refractivity contribution in [1.82, 2.24) is 4.90 Å². The molecule has 1 aliphatic heterocycles. The molecule has 0 saturated carbocycles. The quantitative estimate of drug-likeness (QED) is 0.816. The standard InChI is InChI=1S/C15H13Cl2NO2S/c1-20-14-11(16)6-10(7-12(14)17)15(19)18-4-2-13-9(8-18)3-5-21-13/h3,5-7H,2,4,8H2,1H3. The number of hydrogen-bond acceptors (Lipinski definition) is 3. The number of nitrogens with zero attached hydrogens (tertiary/aromatic N) is 1. The van der Waals surface area contributed by atoms with Crippen LogP contribution in [0.1, 0.15) is 20.8 Å². The van der Waals surface area contributed by atoms with E-state index in [2.05, 4.69) is 11.4 Å². The Labute approximate surface area is 137 Å². The summed E-state index contributed by atoms with van der Waals surface area (Å²) in [5.74, 6) is 0.340. The molecule has 1 aromatic heterocycles. The Morgan fingerprint density at radius 2 is 2.05 bits per heavy atom. The van der Waals surface area contributed by atoms with Crippen LogP contribution in [0.2, 0.25) is 10.0 Å². The smallest absolute Gasteiger partial charge is 0.254 e. The van der Waals surface area contributed by atoms with Crippen LogP contribution in [-0.2, 0) is 13.0 Å². The van der Waals surface area contributed by atoms with Crippen LogP contribution in [0, 0.1) is 0 Å². The second-order valence-electron chi connectivity index (χ2n) is 4.82. The topological polar surface area (TPSA) is 29.5 Å². The van der Waals surface area contributed by atoms with Gasteiger partial charge in [-0.15, -0.1) is 11.3 Å². The van der Waals surface area contributed by atoms with Gasteiger partial charge in [-0.25, -0.2) is 0 Å². The second kappa shape index (κ2) is 5.87. The Hall–Kier alpha value is -1.23. The maximum absolute atomic E-state index is 12.6. The number of ether oxygens (including phenoxy) is 1. The highest BCUT2D eigenvalue weighted by Gasteiger charge is 2.23. The summed E-state index contributed by atoms with van der Waals surface area (Å²) >= 11 is 14.0. The average Bonchev–Trinajstić information content (AvgIpc) is 2.93. The fraction of sp³-hybridized carbons (Fsp3) is 0.267. The molecule has 0 unspecified atom stereocenters. The number of halogens is 2. The zero-order valence-electron chi connectivity index (χ0n) is 11.4. The number of carbonyl (C=O) groups excluding carboxylic acids is 1. The van der Waals surface area contributed by atoms with Crippen molar-refractivity contribution in [3.8, 4) is 5.75 Å². The number of benzene rings is 1. The van der Waals surface area contributed by atoms with Gasteiger partial charge in [0.05, 0.1) is 17.2 Å². The lowest BCUT2D eigenvalue weighted by Gasteiger charge is -2.27. The first-order valence-electron chi connectivity index (χ1n) is 6.47. The molecule has 0 atom stereocenters. The molecular formula is C15H13Cl2NO2S. The number of rotatable bonds is 2. The normalized spacial score (nSPS) is 14.0. The fourth-order valence-corrected chi connectivity index (χ4v) is 4.01. The fourth-order valence-electron chi connectivity index (χ4n) is 2.48. The molecule has 1 amide bonds. The molecule has 3 rings (SSSR count). The average molecular weight is 342 g/mol. The van der Waals surface area contributed by atoms with E-state index in [4.69, 9.17) is 27.9 Å². The SMILES string of the molecule is COc1c(Cl)cc(C(=O)N2CCc3sccc3C2)cc1Cl. The molecule has 0 saturated heterocycles. The lowest BCUT2D eigenvalue weighted by molar-refractivity contribution is 0.0736. The Morgan fingerprint density at radius 1 is 1.33 bits per heavy atom. The molecule has 0 N–H and O–H groups in total. The third-order valence-corrected chi connectivity index (χ3v) is 5.13. The Morgan fingerprint density at radius 3 is 2.71 bits per heavy atom. The monoisotopic (exact) mass is 341 g/mol. The lowest BCUT2D eigenvalue weighted by atomic mass is 10.1. The molecule has 2 heterocycles. The number of methoxy groups -OCH3 is 1. The Kier molecular flexibility index (Phi) is 4.11. The highest BCUT2D eigenvalue weighted by molar-refractivity contribution is 7.10. The van der Waals surface area contributed by atoms with Crippen molar-refractivity contribution in [3.63, 3.8) is 0 Å². The van der Waals surface area contributed by atoms with Crippen LogP contribution in [0.15, 0.2) is 23.6 Å². The van der Waals surface area contributed by atoms with E-state index in [0.717, 1.165) is 6.42 Å². The predicted molar refractivity (Wildman–Crippen MR) is 85.8 cm³/mol. The molecule has 0 spiro atoms. The summed E-state index contributed by atoms with van der Waals surface area (Å²) in [6, 6.07) is 5.29. The molecular weight excluding hydrogens is 329 g/mol. The summed E-state index contributed by atoms with van der Waals surface area (Å²) in [5.41, 5.74) is 1.72. The van der Waals surface area contributed by atoms with Crippen molar-refractivity contribution in [2.75, 3.05) is 13.7 Å². The molecule has 1 aromatic carbocycles. The van der Waals surface area contributed by atoms with Crippen molar-refractivity contribution in [2.24, 2.45) is 0 Å². The first-order valence-corrected chi connectivity index (χ1v) is 8.11. The molecule has 2 aromatic rings. The van der Waals surface area contributed by atoms with E-state index in [0.29, 0.717) is 34.4 Å². The van der Waals surface area contributed by atoms with Crippen LogP contribution in [0.4, 0.5) is 0 Å². The summed E-state index contributed by atoms with van der Waals surface area (Å²) in [7, 11) is 1.50. The lowest BCUT2D eigenvalue weighted by Crippen LogP contribution is -2.35. The van der Waals surface area contributed by atoms with Gasteiger partial charge in [0.2, 0.25) is 0 Å². The highest BCUT2D eigenvalue weighted by atomic mass is 35.5. The van der Waals surface area contributed by atoms with Gasteiger partial charge >= 0.3 is 0 Å². The van der Waals surface area contributed by atoms with E-state index in [1.54, 1.807) is 23.5 Å². The van der Waals surface area contributed by atoms with Crippen molar-refractivity contribution < 1.29 is 9.53 Å². The van der Waals surface area contributed by atoms with Crippen LogP contribution < -0.4 is 4.74 Å². The number of hydrogen-bond donors (Lipinski definition) is 0. The molecule has 1 aliphatic rings. The first kappa shape index (κ1) is 14.7. The van der Waals surface area contributed by atoms with Gasteiger partial charge in [0.1, 0.15) is 0 Å². The summed E-state index contributed by atoms with van der Waals surface area (Å²) < 4.78 is 5.10. The van der Waals surface area contributed by atoms with Gasteiger partial charge in [0, 0.05) is 23.5 Å². The zero-order valence-corrected chi connectivity index (χ0v) is 13.7. The van der Waals surface area contributed by atoms with Crippen LogP contribution in [0.25, 0.3) is 0 Å². The van der Waals surface area contributed by atoms with Gasteiger partial charge in [0.15, 0.2) is 5.75 Å². The summed E-state index contributed by atoms with van der Waals surface area (Å²) in [4.78, 5) is 15.8. The molecule has 6 heteroatoms. The Balaban J connectivity index is 1.86. The molecule has 110 valence electrons. The van der Waals surface area contributed by atoms with Gasteiger partial charge < -0.3 is 9.64 Å². The molecule has 3 nitrogen and oxygen atoms in total.